The lowest BCUT2D eigenvalue weighted by Gasteiger charge is -2.13. The molecule has 0 N–H and O–H groups in total. The lowest BCUT2D eigenvalue weighted by molar-refractivity contribution is -0.145. The zero-order valence-electron chi connectivity index (χ0n) is 13.2. The van der Waals surface area contributed by atoms with Gasteiger partial charge in [-0.05, 0) is 25.5 Å². The van der Waals surface area contributed by atoms with Gasteiger partial charge in [-0.15, -0.1) is 11.3 Å². The van der Waals surface area contributed by atoms with E-state index in [2.05, 4.69) is 4.98 Å². The van der Waals surface area contributed by atoms with Crippen LogP contribution >= 0.6 is 11.3 Å². The Balaban J connectivity index is 1.46. The molecule has 0 unspecified atom stereocenters. The molecule has 2 amide bonds. The summed E-state index contributed by atoms with van der Waals surface area (Å²) in [5, 5.41) is 2.77. The van der Waals surface area contributed by atoms with Crippen molar-refractivity contribution in [2.75, 3.05) is 6.54 Å². The fourth-order valence-electron chi connectivity index (χ4n) is 2.52. The third kappa shape index (κ3) is 3.35. The Labute approximate surface area is 143 Å². The molecule has 1 aliphatic rings. The minimum atomic E-state index is -0.364. The quantitative estimate of drug-likeness (QED) is 0.594. The number of benzene rings is 1. The van der Waals surface area contributed by atoms with Gasteiger partial charge in [-0.2, -0.15) is 0 Å². The number of carbonyl (C=O) groups excluding carboxylic acids is 3. The summed E-state index contributed by atoms with van der Waals surface area (Å²) >= 11 is 1.50. The van der Waals surface area contributed by atoms with Crippen LogP contribution in [-0.2, 0) is 16.1 Å². The number of imide groups is 1. The van der Waals surface area contributed by atoms with Crippen LogP contribution in [0.3, 0.4) is 0 Å². The van der Waals surface area contributed by atoms with Crippen LogP contribution in [0, 0.1) is 6.92 Å². The molecule has 6 nitrogen and oxygen atoms in total. The highest BCUT2D eigenvalue weighted by Gasteiger charge is 2.34. The topological polar surface area (TPSA) is 76.6 Å². The van der Waals surface area contributed by atoms with Crippen molar-refractivity contribution in [1.29, 1.82) is 0 Å². The average molecular weight is 344 g/mol. The van der Waals surface area contributed by atoms with E-state index in [1.165, 1.54) is 16.2 Å². The van der Waals surface area contributed by atoms with E-state index in [0.29, 0.717) is 17.5 Å². The van der Waals surface area contributed by atoms with Crippen LogP contribution in [0.2, 0.25) is 0 Å². The number of carbonyl (C=O) groups is 3. The molecule has 0 radical (unpaired) electrons. The van der Waals surface area contributed by atoms with Crippen molar-refractivity contribution in [2.24, 2.45) is 0 Å². The number of fused-ring (bicyclic) bond motifs is 1. The number of aryl methyl sites for hydroxylation is 1. The van der Waals surface area contributed by atoms with Crippen LogP contribution < -0.4 is 0 Å². The van der Waals surface area contributed by atoms with E-state index in [1.54, 1.807) is 24.3 Å². The van der Waals surface area contributed by atoms with Gasteiger partial charge in [0.25, 0.3) is 11.8 Å². The average Bonchev–Trinajstić information content (AvgIpc) is 3.10. The predicted octanol–water partition coefficient (Wildman–Crippen LogP) is 2.57. The van der Waals surface area contributed by atoms with Gasteiger partial charge in [0, 0.05) is 18.3 Å². The van der Waals surface area contributed by atoms with Crippen molar-refractivity contribution in [3.63, 3.8) is 0 Å². The lowest BCUT2D eigenvalue weighted by Crippen LogP contribution is -2.31. The molecule has 1 aromatic carbocycles. The maximum atomic E-state index is 12.2. The fraction of sp³-hybridized carbons (Fsp3) is 0.294. The van der Waals surface area contributed by atoms with Gasteiger partial charge in [0.1, 0.15) is 6.61 Å². The van der Waals surface area contributed by atoms with Crippen molar-refractivity contribution < 1.29 is 19.1 Å². The van der Waals surface area contributed by atoms with E-state index in [4.69, 9.17) is 4.74 Å². The smallest absolute Gasteiger partial charge is 0.306 e. The van der Waals surface area contributed by atoms with Crippen LogP contribution in [0.15, 0.2) is 29.6 Å². The zero-order valence-corrected chi connectivity index (χ0v) is 14.0. The molecule has 0 atom stereocenters. The second kappa shape index (κ2) is 6.92. The Morgan fingerprint density at radius 2 is 1.88 bits per heavy atom. The minimum absolute atomic E-state index is 0.149. The van der Waals surface area contributed by atoms with Gasteiger partial charge in [0.2, 0.25) is 0 Å². The second-order valence-electron chi connectivity index (χ2n) is 5.43. The van der Waals surface area contributed by atoms with Crippen molar-refractivity contribution in [1.82, 2.24) is 9.88 Å². The van der Waals surface area contributed by atoms with Gasteiger partial charge in [0.05, 0.1) is 21.8 Å². The van der Waals surface area contributed by atoms with E-state index in [0.717, 1.165) is 10.7 Å². The lowest BCUT2D eigenvalue weighted by atomic mass is 10.1. The molecular formula is C17H16N2O4S. The molecule has 0 aliphatic carbocycles. The van der Waals surface area contributed by atoms with Gasteiger partial charge in [-0.1, -0.05) is 12.1 Å². The van der Waals surface area contributed by atoms with Crippen molar-refractivity contribution in [2.45, 2.75) is 26.4 Å². The largest absolute Gasteiger partial charge is 0.459 e. The molecule has 0 saturated carbocycles. The van der Waals surface area contributed by atoms with Crippen LogP contribution in [0.4, 0.5) is 0 Å². The number of amides is 2. The first kappa shape index (κ1) is 16.3. The molecule has 0 spiro atoms. The number of ether oxygens (including phenoxy) is 1. The van der Waals surface area contributed by atoms with Crippen LogP contribution in [0.1, 0.15) is 44.3 Å². The fourth-order valence-corrected chi connectivity index (χ4v) is 3.12. The Morgan fingerprint density at radius 1 is 1.21 bits per heavy atom. The molecule has 1 aromatic heterocycles. The molecule has 0 bridgehead atoms. The SMILES string of the molecule is Cc1nc(COC(=O)CCCN2C(=O)c3ccccc3C2=O)cs1. The highest BCUT2D eigenvalue weighted by atomic mass is 32.1. The van der Waals surface area contributed by atoms with Gasteiger partial charge >= 0.3 is 5.97 Å². The summed E-state index contributed by atoms with van der Waals surface area (Å²) in [6.07, 6.45) is 0.525. The van der Waals surface area contributed by atoms with Gasteiger partial charge in [-0.3, -0.25) is 19.3 Å². The van der Waals surface area contributed by atoms with Crippen LogP contribution in [0.5, 0.6) is 0 Å². The third-order valence-corrected chi connectivity index (χ3v) is 4.51. The molecule has 7 heteroatoms. The molecule has 1 aliphatic heterocycles. The Bertz CT molecular complexity index is 764. The summed E-state index contributed by atoms with van der Waals surface area (Å²) in [5.74, 6) is -0.971. The summed E-state index contributed by atoms with van der Waals surface area (Å²) in [6.45, 7) is 2.24. The van der Waals surface area contributed by atoms with Crippen molar-refractivity contribution >= 4 is 29.1 Å². The van der Waals surface area contributed by atoms with Crippen molar-refractivity contribution in [3.8, 4) is 0 Å². The number of aromatic nitrogens is 1. The number of esters is 1. The Kier molecular flexibility index (Phi) is 4.71. The summed E-state index contributed by atoms with van der Waals surface area (Å²) in [7, 11) is 0. The minimum Gasteiger partial charge on any atom is -0.459 e. The van der Waals surface area contributed by atoms with Crippen LogP contribution in [-0.4, -0.2) is 34.2 Å². The number of hydrogen-bond donors (Lipinski definition) is 0. The normalized spacial score (nSPS) is 13.3. The Morgan fingerprint density at radius 3 is 2.46 bits per heavy atom. The maximum absolute atomic E-state index is 12.2. The standard InChI is InChI=1S/C17H16N2O4S/c1-11-18-12(10-24-11)9-23-15(20)7-4-8-19-16(21)13-5-2-3-6-14(13)17(19)22/h2-3,5-6,10H,4,7-9H2,1H3. The number of nitrogens with zero attached hydrogens (tertiary/aromatic N) is 2. The summed E-state index contributed by atoms with van der Waals surface area (Å²) in [5.41, 5.74) is 1.57. The molecule has 24 heavy (non-hydrogen) atoms. The van der Waals surface area contributed by atoms with Gasteiger partial charge < -0.3 is 4.74 Å². The molecule has 2 aromatic rings. The molecule has 3 rings (SSSR count). The highest BCUT2D eigenvalue weighted by Crippen LogP contribution is 2.22. The summed E-state index contributed by atoms with van der Waals surface area (Å²) < 4.78 is 5.14. The Hall–Kier alpha value is -2.54. The van der Waals surface area contributed by atoms with E-state index in [-0.39, 0.29) is 37.4 Å². The molecule has 2 heterocycles. The molecular weight excluding hydrogens is 328 g/mol. The second-order valence-corrected chi connectivity index (χ2v) is 6.49. The summed E-state index contributed by atoms with van der Waals surface area (Å²) in [6, 6.07) is 6.73. The number of rotatable bonds is 6. The molecule has 0 saturated heterocycles. The molecule has 0 fully saturated rings. The van der Waals surface area contributed by atoms with E-state index < -0.39 is 0 Å². The van der Waals surface area contributed by atoms with E-state index in [9.17, 15) is 14.4 Å². The van der Waals surface area contributed by atoms with E-state index in [1.807, 2.05) is 12.3 Å². The monoisotopic (exact) mass is 344 g/mol. The van der Waals surface area contributed by atoms with E-state index >= 15 is 0 Å². The zero-order chi connectivity index (χ0) is 17.1. The maximum Gasteiger partial charge on any atom is 0.306 e. The number of thiazole rings is 1. The van der Waals surface area contributed by atoms with Gasteiger partial charge in [0.15, 0.2) is 0 Å². The first-order valence-electron chi connectivity index (χ1n) is 7.58. The first-order valence-corrected chi connectivity index (χ1v) is 8.46. The first-order chi connectivity index (χ1) is 11.6. The summed E-state index contributed by atoms with van der Waals surface area (Å²) in [4.78, 5) is 41.5. The van der Waals surface area contributed by atoms with Crippen molar-refractivity contribution in [3.05, 3.63) is 51.5 Å². The molecule has 124 valence electrons. The van der Waals surface area contributed by atoms with Gasteiger partial charge in [-0.25, -0.2) is 4.98 Å². The third-order valence-electron chi connectivity index (χ3n) is 3.69. The van der Waals surface area contributed by atoms with Crippen LogP contribution in [0.25, 0.3) is 0 Å². The predicted molar refractivity (Wildman–Crippen MR) is 87.7 cm³/mol. The highest BCUT2D eigenvalue weighted by molar-refractivity contribution is 7.09. The number of hydrogen-bond acceptors (Lipinski definition) is 6.